The van der Waals surface area contributed by atoms with Crippen molar-refractivity contribution < 1.29 is 4.74 Å². The van der Waals surface area contributed by atoms with Crippen LogP contribution in [0.15, 0.2) is 12.1 Å². The van der Waals surface area contributed by atoms with Gasteiger partial charge in [0.15, 0.2) is 0 Å². The Morgan fingerprint density at radius 3 is 2.50 bits per heavy atom. The van der Waals surface area contributed by atoms with Crippen LogP contribution in [0.25, 0.3) is 0 Å². The minimum absolute atomic E-state index is 0.171. The van der Waals surface area contributed by atoms with Crippen molar-refractivity contribution in [2.75, 3.05) is 7.11 Å². The fourth-order valence-corrected chi connectivity index (χ4v) is 1.62. The molecule has 2 heteroatoms. The van der Waals surface area contributed by atoms with Crippen LogP contribution in [0.4, 0.5) is 0 Å². The van der Waals surface area contributed by atoms with E-state index < -0.39 is 0 Å². The van der Waals surface area contributed by atoms with Crippen LogP contribution in [0.3, 0.4) is 0 Å². The second-order valence-corrected chi connectivity index (χ2v) is 3.87. The van der Waals surface area contributed by atoms with Crippen molar-refractivity contribution in [3.05, 3.63) is 28.8 Å². The Morgan fingerprint density at radius 1 is 1.36 bits per heavy atom. The van der Waals surface area contributed by atoms with E-state index in [1.54, 1.807) is 7.11 Å². The highest BCUT2D eigenvalue weighted by Crippen LogP contribution is 2.25. The molecule has 0 aliphatic rings. The van der Waals surface area contributed by atoms with Gasteiger partial charge in [0.25, 0.3) is 0 Å². The lowest BCUT2D eigenvalue weighted by Gasteiger charge is -2.15. The summed E-state index contributed by atoms with van der Waals surface area (Å²) in [6.07, 6.45) is 0.872. The van der Waals surface area contributed by atoms with Crippen molar-refractivity contribution in [1.29, 1.82) is 0 Å². The zero-order valence-electron chi connectivity index (χ0n) is 9.42. The second kappa shape index (κ2) is 4.47. The molecule has 0 aliphatic heterocycles. The number of aryl methyl sites for hydroxylation is 1. The lowest BCUT2D eigenvalue weighted by atomic mass is 9.97. The molecule has 0 spiro atoms. The van der Waals surface area contributed by atoms with Gasteiger partial charge in [0.05, 0.1) is 7.11 Å². The van der Waals surface area contributed by atoms with Crippen molar-refractivity contribution in [2.45, 2.75) is 33.2 Å². The normalized spacial score (nSPS) is 12.6. The van der Waals surface area contributed by atoms with Gasteiger partial charge in [0.2, 0.25) is 0 Å². The topological polar surface area (TPSA) is 35.2 Å². The van der Waals surface area contributed by atoms with Gasteiger partial charge < -0.3 is 10.5 Å². The maximum absolute atomic E-state index is 5.81. The molecule has 0 saturated carbocycles. The molecule has 1 aromatic rings. The van der Waals surface area contributed by atoms with E-state index in [1.165, 1.54) is 16.7 Å². The first kappa shape index (κ1) is 11.1. The van der Waals surface area contributed by atoms with Gasteiger partial charge in [0, 0.05) is 6.04 Å². The Morgan fingerprint density at radius 2 is 2.00 bits per heavy atom. The molecule has 0 bridgehead atoms. The summed E-state index contributed by atoms with van der Waals surface area (Å²) in [6, 6.07) is 4.27. The van der Waals surface area contributed by atoms with Gasteiger partial charge in [0.1, 0.15) is 5.75 Å². The first-order valence-corrected chi connectivity index (χ1v) is 4.95. The molecule has 1 unspecified atom stereocenters. The summed E-state index contributed by atoms with van der Waals surface area (Å²) in [5.74, 6) is 0.949. The van der Waals surface area contributed by atoms with E-state index in [2.05, 4.69) is 19.9 Å². The van der Waals surface area contributed by atoms with Gasteiger partial charge >= 0.3 is 0 Å². The molecule has 0 radical (unpaired) electrons. The summed E-state index contributed by atoms with van der Waals surface area (Å²) >= 11 is 0. The maximum atomic E-state index is 5.81. The van der Waals surface area contributed by atoms with E-state index in [4.69, 9.17) is 10.5 Å². The van der Waals surface area contributed by atoms with Gasteiger partial charge in [-0.05, 0) is 49.9 Å². The Labute approximate surface area is 86.1 Å². The molecule has 0 fully saturated rings. The summed E-state index contributed by atoms with van der Waals surface area (Å²) in [7, 11) is 1.70. The fourth-order valence-electron chi connectivity index (χ4n) is 1.62. The van der Waals surface area contributed by atoms with Crippen LogP contribution in [-0.4, -0.2) is 13.2 Å². The summed E-state index contributed by atoms with van der Waals surface area (Å²) in [6.45, 7) is 6.25. The van der Waals surface area contributed by atoms with Crippen LogP contribution in [0, 0.1) is 13.8 Å². The summed E-state index contributed by atoms with van der Waals surface area (Å²) < 4.78 is 5.33. The molecule has 0 aromatic heterocycles. The zero-order chi connectivity index (χ0) is 10.7. The van der Waals surface area contributed by atoms with E-state index in [0.29, 0.717) is 0 Å². The average Bonchev–Trinajstić information content (AvgIpc) is 2.13. The average molecular weight is 193 g/mol. The maximum Gasteiger partial charge on any atom is 0.122 e. The van der Waals surface area contributed by atoms with Crippen molar-refractivity contribution in [3.63, 3.8) is 0 Å². The number of nitrogens with two attached hydrogens (primary N) is 1. The number of hydrogen-bond acceptors (Lipinski definition) is 2. The van der Waals surface area contributed by atoms with Crippen molar-refractivity contribution >= 4 is 0 Å². The summed E-state index contributed by atoms with van der Waals surface area (Å²) in [4.78, 5) is 0. The van der Waals surface area contributed by atoms with Gasteiger partial charge in [-0.2, -0.15) is 0 Å². The Balaban J connectivity index is 3.14. The smallest absolute Gasteiger partial charge is 0.122 e. The predicted molar refractivity (Wildman–Crippen MR) is 59.8 cm³/mol. The number of ether oxygens (including phenoxy) is 1. The van der Waals surface area contributed by atoms with E-state index in [1.807, 2.05) is 13.0 Å². The third kappa shape index (κ3) is 2.26. The number of rotatable bonds is 3. The van der Waals surface area contributed by atoms with Crippen LogP contribution in [-0.2, 0) is 6.42 Å². The third-order valence-electron chi connectivity index (χ3n) is 2.57. The van der Waals surface area contributed by atoms with E-state index >= 15 is 0 Å². The molecule has 0 aliphatic carbocycles. The summed E-state index contributed by atoms with van der Waals surface area (Å²) in [5.41, 5.74) is 9.64. The van der Waals surface area contributed by atoms with E-state index in [-0.39, 0.29) is 6.04 Å². The second-order valence-electron chi connectivity index (χ2n) is 3.87. The third-order valence-corrected chi connectivity index (χ3v) is 2.57. The first-order chi connectivity index (χ1) is 6.56. The molecule has 2 nitrogen and oxygen atoms in total. The Bertz CT molecular complexity index is 318. The quantitative estimate of drug-likeness (QED) is 0.798. The molecule has 0 amide bonds. The van der Waals surface area contributed by atoms with Gasteiger partial charge in [-0.25, -0.2) is 0 Å². The SMILES string of the molecule is COc1ccc(C)c(C)c1CC(C)N. The molecular formula is C12H19NO. The minimum atomic E-state index is 0.171. The van der Waals surface area contributed by atoms with Crippen LogP contribution in [0.2, 0.25) is 0 Å². The van der Waals surface area contributed by atoms with E-state index in [9.17, 15) is 0 Å². The molecular weight excluding hydrogens is 174 g/mol. The van der Waals surface area contributed by atoms with Crippen LogP contribution >= 0.6 is 0 Å². The van der Waals surface area contributed by atoms with Gasteiger partial charge in [-0.1, -0.05) is 6.07 Å². The minimum Gasteiger partial charge on any atom is -0.496 e. The monoisotopic (exact) mass is 193 g/mol. The lowest BCUT2D eigenvalue weighted by Crippen LogP contribution is -2.19. The number of hydrogen-bond donors (Lipinski definition) is 1. The molecule has 1 aromatic carbocycles. The van der Waals surface area contributed by atoms with Gasteiger partial charge in [-0.3, -0.25) is 0 Å². The Kier molecular flexibility index (Phi) is 3.53. The van der Waals surface area contributed by atoms with Crippen LogP contribution in [0.1, 0.15) is 23.6 Å². The van der Waals surface area contributed by atoms with Crippen molar-refractivity contribution in [2.24, 2.45) is 5.73 Å². The molecule has 0 heterocycles. The first-order valence-electron chi connectivity index (χ1n) is 4.95. The largest absolute Gasteiger partial charge is 0.496 e. The molecule has 1 rings (SSSR count). The number of benzene rings is 1. The molecule has 78 valence electrons. The molecule has 0 saturated heterocycles. The summed E-state index contributed by atoms with van der Waals surface area (Å²) in [5, 5.41) is 0. The zero-order valence-corrected chi connectivity index (χ0v) is 9.42. The molecule has 1 atom stereocenters. The highest BCUT2D eigenvalue weighted by molar-refractivity contribution is 5.44. The highest BCUT2D eigenvalue weighted by Gasteiger charge is 2.09. The molecule has 2 N–H and O–H groups in total. The standard InChI is InChI=1S/C12H19NO/c1-8-5-6-12(14-4)11(10(8)3)7-9(2)13/h5-6,9H,7,13H2,1-4H3. The van der Waals surface area contributed by atoms with Crippen LogP contribution < -0.4 is 10.5 Å². The predicted octanol–water partition coefficient (Wildman–Crippen LogP) is 2.20. The highest BCUT2D eigenvalue weighted by atomic mass is 16.5. The number of methoxy groups -OCH3 is 1. The van der Waals surface area contributed by atoms with Gasteiger partial charge in [-0.15, -0.1) is 0 Å². The van der Waals surface area contributed by atoms with Crippen molar-refractivity contribution in [1.82, 2.24) is 0 Å². The fraction of sp³-hybridized carbons (Fsp3) is 0.500. The Hall–Kier alpha value is -1.02. The van der Waals surface area contributed by atoms with E-state index in [0.717, 1.165) is 12.2 Å². The lowest BCUT2D eigenvalue weighted by molar-refractivity contribution is 0.407. The van der Waals surface area contributed by atoms with Crippen molar-refractivity contribution in [3.8, 4) is 5.75 Å². The van der Waals surface area contributed by atoms with Crippen LogP contribution in [0.5, 0.6) is 5.75 Å². The molecule has 14 heavy (non-hydrogen) atoms.